The zero-order valence-electron chi connectivity index (χ0n) is 5.02. The summed E-state index contributed by atoms with van der Waals surface area (Å²) in [6, 6.07) is 0. The summed E-state index contributed by atoms with van der Waals surface area (Å²) in [5, 5.41) is 2.83. The summed E-state index contributed by atoms with van der Waals surface area (Å²) >= 11 is 6.40. The summed E-state index contributed by atoms with van der Waals surface area (Å²) in [7, 11) is 1.80. The molecule has 0 saturated heterocycles. The van der Waals surface area contributed by atoms with Crippen molar-refractivity contribution in [1.29, 1.82) is 0 Å². The van der Waals surface area contributed by atoms with E-state index < -0.39 is 0 Å². The Morgan fingerprint density at radius 1 is 1.75 bits per heavy atom. The van der Waals surface area contributed by atoms with E-state index in [0.29, 0.717) is 0 Å². The van der Waals surface area contributed by atoms with E-state index in [1.54, 1.807) is 18.8 Å². The zero-order valence-corrected chi connectivity index (χ0v) is 6.66. The lowest BCUT2D eigenvalue weighted by atomic mass is 10.6. The normalized spacial score (nSPS) is 8.25. The third-order valence-electron chi connectivity index (χ3n) is 0.727. The van der Waals surface area contributed by atoms with Crippen molar-refractivity contribution < 1.29 is 0 Å². The van der Waals surface area contributed by atoms with Crippen LogP contribution in [0.2, 0.25) is 0 Å². The van der Waals surface area contributed by atoms with Gasteiger partial charge in [0.25, 0.3) is 0 Å². The number of thioether (sulfide) groups is 1. The Bertz CT molecular complexity index is 95.0. The molecule has 0 aliphatic heterocycles. The highest BCUT2D eigenvalue weighted by Gasteiger charge is 1.93. The van der Waals surface area contributed by atoms with Crippen molar-refractivity contribution in [2.24, 2.45) is 0 Å². The topological polar surface area (TPSA) is 12.0 Å². The molecule has 0 aromatic heterocycles. The summed E-state index contributed by atoms with van der Waals surface area (Å²) in [6.07, 6.45) is 1.95. The maximum absolute atomic E-state index is 4.85. The van der Waals surface area contributed by atoms with Crippen molar-refractivity contribution >= 4 is 29.0 Å². The van der Waals surface area contributed by atoms with Crippen LogP contribution in [-0.4, -0.2) is 18.3 Å². The highest BCUT2D eigenvalue weighted by Crippen LogP contribution is 2.07. The number of hydrogen-bond donors (Lipinski definition) is 1. The summed E-state index contributed by atoms with van der Waals surface area (Å²) in [5.41, 5.74) is 0. The number of likely N-dealkylation sites (N-methyl/N-ethyl adjacent to an activating group) is 1. The van der Waals surface area contributed by atoms with Gasteiger partial charge in [-0.25, -0.2) is 0 Å². The van der Waals surface area contributed by atoms with E-state index in [0.717, 1.165) is 9.89 Å². The molecule has 0 radical (unpaired) electrons. The molecule has 8 heavy (non-hydrogen) atoms. The van der Waals surface area contributed by atoms with Crippen LogP contribution in [0, 0.1) is 0 Å². The molecule has 0 aliphatic carbocycles. The molecular formula is C5H9NS2. The van der Waals surface area contributed by atoms with Crippen LogP contribution in [0.15, 0.2) is 11.5 Å². The van der Waals surface area contributed by atoms with Gasteiger partial charge < -0.3 is 5.32 Å². The number of hydrogen-bond acceptors (Lipinski definition) is 2. The maximum atomic E-state index is 4.85. The molecule has 0 spiro atoms. The first-order valence-corrected chi connectivity index (χ1v) is 3.80. The minimum absolute atomic E-state index is 0.734. The van der Waals surface area contributed by atoms with E-state index in [-0.39, 0.29) is 0 Å². The molecule has 0 aliphatic rings. The van der Waals surface area contributed by atoms with Gasteiger partial charge in [0.2, 0.25) is 0 Å². The fourth-order valence-electron chi connectivity index (χ4n) is 0.232. The first-order valence-electron chi connectivity index (χ1n) is 2.17. The molecule has 0 unspecified atom stereocenters. The van der Waals surface area contributed by atoms with E-state index in [1.807, 2.05) is 6.26 Å². The molecule has 0 amide bonds. The van der Waals surface area contributed by atoms with E-state index in [1.165, 1.54) is 0 Å². The second kappa shape index (κ2) is 3.92. The van der Waals surface area contributed by atoms with Gasteiger partial charge in [-0.2, -0.15) is 0 Å². The molecule has 46 valence electrons. The first kappa shape index (κ1) is 7.98. The summed E-state index contributed by atoms with van der Waals surface area (Å²) < 4.78 is 0. The lowest BCUT2D eigenvalue weighted by Gasteiger charge is -2.00. The Morgan fingerprint density at radius 2 is 2.25 bits per heavy atom. The quantitative estimate of drug-likeness (QED) is 0.468. The zero-order chi connectivity index (χ0) is 6.57. The van der Waals surface area contributed by atoms with E-state index in [2.05, 4.69) is 11.9 Å². The first-order chi connectivity index (χ1) is 3.72. The van der Waals surface area contributed by atoms with Crippen molar-refractivity contribution in [3.63, 3.8) is 0 Å². The molecule has 0 rings (SSSR count). The molecule has 1 nitrogen and oxygen atoms in total. The molecule has 0 aromatic carbocycles. The Balaban J connectivity index is 3.64. The van der Waals surface area contributed by atoms with Gasteiger partial charge in [0, 0.05) is 12.0 Å². The van der Waals surface area contributed by atoms with Gasteiger partial charge in [-0.1, -0.05) is 18.8 Å². The monoisotopic (exact) mass is 147 g/mol. The van der Waals surface area contributed by atoms with Crippen LogP contribution < -0.4 is 5.32 Å². The van der Waals surface area contributed by atoms with Gasteiger partial charge >= 0.3 is 0 Å². The molecule has 0 atom stereocenters. The van der Waals surface area contributed by atoms with Crippen molar-refractivity contribution in [3.05, 3.63) is 11.5 Å². The van der Waals surface area contributed by atoms with Gasteiger partial charge in [-0.15, -0.1) is 11.8 Å². The molecule has 0 heterocycles. The van der Waals surface area contributed by atoms with Crippen molar-refractivity contribution in [1.82, 2.24) is 5.32 Å². The van der Waals surface area contributed by atoms with Crippen molar-refractivity contribution in [3.8, 4) is 0 Å². The highest BCUT2D eigenvalue weighted by atomic mass is 32.2. The van der Waals surface area contributed by atoms with Crippen LogP contribution in [0.25, 0.3) is 0 Å². The lowest BCUT2D eigenvalue weighted by Crippen LogP contribution is -2.15. The molecule has 0 fully saturated rings. The molecule has 0 saturated carbocycles. The van der Waals surface area contributed by atoms with Crippen LogP contribution in [0.5, 0.6) is 0 Å². The minimum atomic E-state index is 0.734. The number of nitrogens with one attached hydrogen (secondary N) is 1. The Labute approximate surface area is 59.5 Å². The molecule has 1 N–H and O–H groups in total. The highest BCUT2D eigenvalue weighted by molar-refractivity contribution is 8.04. The third kappa shape index (κ3) is 2.33. The van der Waals surface area contributed by atoms with Crippen LogP contribution >= 0.6 is 24.0 Å². The third-order valence-corrected chi connectivity index (χ3v) is 2.00. The second-order valence-corrected chi connectivity index (χ2v) is 2.52. The van der Waals surface area contributed by atoms with Crippen LogP contribution in [-0.2, 0) is 0 Å². The van der Waals surface area contributed by atoms with Crippen molar-refractivity contribution in [2.45, 2.75) is 0 Å². The van der Waals surface area contributed by atoms with Gasteiger partial charge in [0.15, 0.2) is 0 Å². The fourth-order valence-corrected chi connectivity index (χ4v) is 0.770. The van der Waals surface area contributed by atoms with Crippen LogP contribution in [0.4, 0.5) is 0 Å². The maximum Gasteiger partial charge on any atom is 0.112 e. The van der Waals surface area contributed by atoms with Gasteiger partial charge in [0.05, 0.1) is 0 Å². The Hall–Kier alpha value is -0.0200. The SMILES string of the molecule is C=C(SC)C(=S)NC. The van der Waals surface area contributed by atoms with Gasteiger partial charge in [-0.05, 0) is 6.26 Å². The molecule has 0 aromatic rings. The predicted octanol–water partition coefficient (Wildman–Crippen LogP) is 1.41. The average molecular weight is 147 g/mol. The van der Waals surface area contributed by atoms with E-state index in [4.69, 9.17) is 12.2 Å². The summed E-state index contributed by atoms with van der Waals surface area (Å²) in [6.45, 7) is 3.70. The summed E-state index contributed by atoms with van der Waals surface area (Å²) in [4.78, 5) is 1.65. The van der Waals surface area contributed by atoms with Gasteiger partial charge in [-0.3, -0.25) is 0 Å². The van der Waals surface area contributed by atoms with Crippen LogP contribution in [0.3, 0.4) is 0 Å². The largest absolute Gasteiger partial charge is 0.378 e. The minimum Gasteiger partial charge on any atom is -0.378 e. The van der Waals surface area contributed by atoms with E-state index in [9.17, 15) is 0 Å². The summed E-state index contributed by atoms with van der Waals surface area (Å²) in [5.74, 6) is 0. The van der Waals surface area contributed by atoms with E-state index >= 15 is 0 Å². The molecule has 0 bridgehead atoms. The molecule has 3 heteroatoms. The molecular weight excluding hydrogens is 138 g/mol. The second-order valence-electron chi connectivity index (χ2n) is 1.21. The lowest BCUT2D eigenvalue weighted by molar-refractivity contribution is 1.21. The standard InChI is InChI=1S/C5H9NS2/c1-4(8-3)5(7)6-2/h1H2,2-3H3,(H,6,7). The predicted molar refractivity (Wildman–Crippen MR) is 44.3 cm³/mol. The van der Waals surface area contributed by atoms with Crippen molar-refractivity contribution in [2.75, 3.05) is 13.3 Å². The van der Waals surface area contributed by atoms with Gasteiger partial charge in [0.1, 0.15) is 4.99 Å². The smallest absolute Gasteiger partial charge is 0.112 e. The average Bonchev–Trinajstić information content (AvgIpc) is 1.84. The number of rotatable bonds is 2. The number of thiocarbonyl (C=S) groups is 1. The fraction of sp³-hybridized carbons (Fsp3) is 0.400. The Morgan fingerprint density at radius 3 is 2.38 bits per heavy atom. The Kier molecular flexibility index (Phi) is 3.91. The van der Waals surface area contributed by atoms with Crippen LogP contribution in [0.1, 0.15) is 0 Å².